The van der Waals surface area contributed by atoms with Gasteiger partial charge >= 0.3 is 5.69 Å². The van der Waals surface area contributed by atoms with Crippen LogP contribution in [-0.2, 0) is 13.6 Å². The monoisotopic (exact) mass is 249 g/mol. The Kier molecular flexibility index (Phi) is 3.14. The van der Waals surface area contributed by atoms with E-state index in [9.17, 15) is 9.59 Å². The van der Waals surface area contributed by atoms with Crippen LogP contribution in [0.25, 0.3) is 0 Å². The lowest BCUT2D eigenvalue weighted by atomic mass is 10.2. The molecule has 1 N–H and O–H groups in total. The second-order valence-electron chi connectivity index (χ2n) is 4.52. The van der Waals surface area contributed by atoms with E-state index in [1.165, 1.54) is 10.8 Å². The van der Waals surface area contributed by atoms with Crippen molar-refractivity contribution in [2.75, 3.05) is 0 Å². The fourth-order valence-electron chi connectivity index (χ4n) is 1.56. The van der Waals surface area contributed by atoms with Gasteiger partial charge in [0.1, 0.15) is 0 Å². The lowest BCUT2D eigenvalue weighted by molar-refractivity contribution is 0.633. The Bertz CT molecular complexity index is 665. The molecule has 2 aromatic heterocycles. The predicted octanol–water partition coefficient (Wildman–Crippen LogP) is -0.163. The highest BCUT2D eigenvalue weighted by atomic mass is 16.2. The molecule has 0 aliphatic heterocycles. The number of hydrogen-bond donors (Lipinski definition) is 1. The van der Waals surface area contributed by atoms with Crippen LogP contribution in [0.5, 0.6) is 0 Å². The zero-order valence-electron chi connectivity index (χ0n) is 10.5. The molecule has 2 rings (SSSR count). The summed E-state index contributed by atoms with van der Waals surface area (Å²) in [6.07, 6.45) is 3.31. The van der Waals surface area contributed by atoms with E-state index in [-0.39, 0.29) is 11.5 Å². The summed E-state index contributed by atoms with van der Waals surface area (Å²) in [6, 6.07) is 0. The number of aromatic amines is 1. The van der Waals surface area contributed by atoms with Gasteiger partial charge in [-0.2, -0.15) is 0 Å². The SMILES string of the molecule is CC(C)c1cn(Cc2cn(C)c(=O)[nH]c2=O)nn1. The van der Waals surface area contributed by atoms with Gasteiger partial charge in [0.25, 0.3) is 5.56 Å². The third kappa shape index (κ3) is 2.39. The molecule has 0 saturated heterocycles. The summed E-state index contributed by atoms with van der Waals surface area (Å²) in [5.41, 5.74) is 0.526. The molecule has 0 unspecified atom stereocenters. The Morgan fingerprint density at radius 2 is 2.06 bits per heavy atom. The Hall–Kier alpha value is -2.18. The molecule has 0 spiro atoms. The number of nitrogens with zero attached hydrogens (tertiary/aromatic N) is 4. The van der Waals surface area contributed by atoms with E-state index in [1.807, 2.05) is 13.8 Å². The van der Waals surface area contributed by atoms with Crippen molar-refractivity contribution in [3.63, 3.8) is 0 Å². The molecule has 0 amide bonds. The number of hydrogen-bond acceptors (Lipinski definition) is 4. The van der Waals surface area contributed by atoms with Crippen LogP contribution < -0.4 is 11.2 Å². The van der Waals surface area contributed by atoms with Crippen LogP contribution in [0.3, 0.4) is 0 Å². The minimum atomic E-state index is -0.426. The highest BCUT2D eigenvalue weighted by Crippen LogP contribution is 2.09. The first-order valence-corrected chi connectivity index (χ1v) is 5.66. The van der Waals surface area contributed by atoms with Gasteiger partial charge in [-0.05, 0) is 5.92 Å². The smallest absolute Gasteiger partial charge is 0.303 e. The van der Waals surface area contributed by atoms with Crippen LogP contribution >= 0.6 is 0 Å². The molecule has 2 heterocycles. The van der Waals surface area contributed by atoms with Crippen molar-refractivity contribution in [1.29, 1.82) is 0 Å². The van der Waals surface area contributed by atoms with Crippen LogP contribution in [0.1, 0.15) is 31.0 Å². The average molecular weight is 249 g/mol. The highest BCUT2D eigenvalue weighted by Gasteiger charge is 2.08. The van der Waals surface area contributed by atoms with E-state index in [4.69, 9.17) is 0 Å². The van der Waals surface area contributed by atoms with Gasteiger partial charge in [-0.3, -0.25) is 9.78 Å². The first-order valence-electron chi connectivity index (χ1n) is 5.66. The number of rotatable bonds is 3. The summed E-state index contributed by atoms with van der Waals surface area (Å²) in [5, 5.41) is 7.97. The van der Waals surface area contributed by atoms with E-state index in [0.717, 1.165) is 5.69 Å². The second-order valence-corrected chi connectivity index (χ2v) is 4.52. The van der Waals surface area contributed by atoms with Gasteiger partial charge in [0.05, 0.1) is 17.8 Å². The van der Waals surface area contributed by atoms with Gasteiger partial charge < -0.3 is 4.57 Å². The normalized spacial score (nSPS) is 11.1. The van der Waals surface area contributed by atoms with E-state index in [1.54, 1.807) is 17.9 Å². The molecule has 0 fully saturated rings. The molecule has 0 saturated carbocycles. The van der Waals surface area contributed by atoms with Crippen molar-refractivity contribution in [1.82, 2.24) is 24.5 Å². The molecule has 18 heavy (non-hydrogen) atoms. The molecule has 7 nitrogen and oxygen atoms in total. The number of H-pyrrole nitrogens is 1. The van der Waals surface area contributed by atoms with Gasteiger partial charge in [-0.1, -0.05) is 19.1 Å². The van der Waals surface area contributed by atoms with Crippen molar-refractivity contribution in [2.24, 2.45) is 7.05 Å². The fraction of sp³-hybridized carbons (Fsp3) is 0.455. The van der Waals surface area contributed by atoms with Gasteiger partial charge in [-0.15, -0.1) is 5.10 Å². The van der Waals surface area contributed by atoms with Crippen molar-refractivity contribution >= 4 is 0 Å². The van der Waals surface area contributed by atoms with Crippen molar-refractivity contribution in [3.8, 4) is 0 Å². The summed E-state index contributed by atoms with van der Waals surface area (Å²) < 4.78 is 2.92. The lowest BCUT2D eigenvalue weighted by Crippen LogP contribution is -2.30. The first-order chi connectivity index (χ1) is 8.47. The van der Waals surface area contributed by atoms with Gasteiger partial charge in [0.15, 0.2) is 0 Å². The Morgan fingerprint density at radius 1 is 1.33 bits per heavy atom. The predicted molar refractivity (Wildman–Crippen MR) is 65.5 cm³/mol. The second kappa shape index (κ2) is 4.59. The summed E-state index contributed by atoms with van der Waals surface area (Å²) in [6.45, 7) is 4.34. The van der Waals surface area contributed by atoms with Gasteiger partial charge in [-0.25, -0.2) is 9.48 Å². The van der Waals surface area contributed by atoms with E-state index in [0.29, 0.717) is 12.1 Å². The third-order valence-corrected chi connectivity index (χ3v) is 2.66. The number of aromatic nitrogens is 5. The van der Waals surface area contributed by atoms with Crippen molar-refractivity contribution < 1.29 is 0 Å². The quantitative estimate of drug-likeness (QED) is 0.818. The summed E-state index contributed by atoms with van der Waals surface area (Å²) >= 11 is 0. The molecular weight excluding hydrogens is 234 g/mol. The van der Waals surface area contributed by atoms with Crippen LogP contribution in [0, 0.1) is 0 Å². The molecule has 7 heteroatoms. The summed E-state index contributed by atoms with van der Waals surface area (Å²) in [4.78, 5) is 25.1. The van der Waals surface area contributed by atoms with Gasteiger partial charge in [0, 0.05) is 19.4 Å². The van der Waals surface area contributed by atoms with Crippen molar-refractivity contribution in [3.05, 3.63) is 44.5 Å². The molecule has 0 atom stereocenters. The Balaban J connectivity index is 2.31. The molecular formula is C11H15N5O2. The summed E-state index contributed by atoms with van der Waals surface area (Å²) in [5.74, 6) is 0.289. The molecule has 0 aliphatic carbocycles. The molecule has 2 aromatic rings. The number of aryl methyl sites for hydroxylation is 1. The fourth-order valence-corrected chi connectivity index (χ4v) is 1.56. The maximum Gasteiger partial charge on any atom is 0.328 e. The molecule has 0 radical (unpaired) electrons. The highest BCUT2D eigenvalue weighted by molar-refractivity contribution is 5.06. The van der Waals surface area contributed by atoms with Crippen LogP contribution in [-0.4, -0.2) is 24.5 Å². The van der Waals surface area contributed by atoms with Crippen LogP contribution in [0.2, 0.25) is 0 Å². The maximum absolute atomic E-state index is 11.6. The minimum Gasteiger partial charge on any atom is -0.303 e. The third-order valence-electron chi connectivity index (χ3n) is 2.66. The number of nitrogens with one attached hydrogen (secondary N) is 1. The first kappa shape index (κ1) is 12.3. The Labute approximate surface area is 103 Å². The van der Waals surface area contributed by atoms with Crippen LogP contribution in [0.15, 0.2) is 22.0 Å². The van der Waals surface area contributed by atoms with E-state index < -0.39 is 5.69 Å². The van der Waals surface area contributed by atoms with Gasteiger partial charge in [0.2, 0.25) is 0 Å². The van der Waals surface area contributed by atoms with E-state index in [2.05, 4.69) is 15.3 Å². The molecule has 0 bridgehead atoms. The minimum absolute atomic E-state index is 0.289. The maximum atomic E-state index is 11.6. The zero-order valence-corrected chi connectivity index (χ0v) is 10.5. The molecule has 0 aromatic carbocycles. The Morgan fingerprint density at radius 3 is 2.67 bits per heavy atom. The summed E-state index contributed by atoms with van der Waals surface area (Å²) in [7, 11) is 1.59. The van der Waals surface area contributed by atoms with E-state index >= 15 is 0 Å². The molecule has 96 valence electrons. The topological polar surface area (TPSA) is 85.6 Å². The lowest BCUT2D eigenvalue weighted by Gasteiger charge is -2.02. The average Bonchev–Trinajstić information content (AvgIpc) is 2.74. The largest absolute Gasteiger partial charge is 0.328 e. The van der Waals surface area contributed by atoms with Crippen molar-refractivity contribution in [2.45, 2.75) is 26.3 Å². The molecule has 0 aliphatic rings. The zero-order chi connectivity index (χ0) is 13.3. The van der Waals surface area contributed by atoms with Crippen LogP contribution in [0.4, 0.5) is 0 Å². The standard InChI is InChI=1S/C11H15N5O2/c1-7(2)9-6-16(14-13-9)5-8-4-15(3)11(18)12-10(8)17/h4,6-7H,5H2,1-3H3,(H,12,17,18).